The maximum atomic E-state index is 13.1. The second-order valence-corrected chi connectivity index (χ2v) is 9.89. The van der Waals surface area contributed by atoms with E-state index < -0.39 is 5.91 Å². The van der Waals surface area contributed by atoms with Crippen molar-refractivity contribution < 1.29 is 9.53 Å². The number of rotatable bonds is 5. The van der Waals surface area contributed by atoms with Gasteiger partial charge in [-0.05, 0) is 35.7 Å². The van der Waals surface area contributed by atoms with Gasteiger partial charge in [0.1, 0.15) is 32.9 Å². The van der Waals surface area contributed by atoms with Crippen LogP contribution in [0.15, 0.2) is 47.2 Å². The number of anilines is 3. The van der Waals surface area contributed by atoms with E-state index in [1.807, 2.05) is 47.2 Å². The van der Waals surface area contributed by atoms with Crippen molar-refractivity contribution in [1.82, 2.24) is 9.97 Å². The standard InChI is InChI=1S/C23H16N6O2S3/c1-31-12-6-4-11(5-7-12)14-10-33-23(27-14)29-21(30)19-18(25)17-16(15-3-2-8-32-15)13(9-24)20(26)28-22(17)34-19/h2-8,10H,25H2,1H3,(H2,26,28)(H,27,29,30). The zero-order valence-electron chi connectivity index (χ0n) is 17.7. The Morgan fingerprint density at radius 1 is 1.15 bits per heavy atom. The number of nitrogens with one attached hydrogen (secondary N) is 1. The fraction of sp³-hybridized carbons (Fsp3) is 0.0435. The average molecular weight is 505 g/mol. The van der Waals surface area contributed by atoms with Gasteiger partial charge < -0.3 is 16.2 Å². The molecule has 0 aliphatic carbocycles. The Kier molecular flexibility index (Phi) is 5.62. The number of amides is 1. The molecule has 0 aliphatic heterocycles. The topological polar surface area (TPSA) is 140 Å². The van der Waals surface area contributed by atoms with Gasteiger partial charge >= 0.3 is 0 Å². The fourth-order valence-corrected chi connectivity index (χ4v) is 6.00. The van der Waals surface area contributed by atoms with Crippen molar-refractivity contribution in [3.63, 3.8) is 0 Å². The zero-order chi connectivity index (χ0) is 23.8. The summed E-state index contributed by atoms with van der Waals surface area (Å²) in [4.78, 5) is 23.6. The van der Waals surface area contributed by atoms with Crippen LogP contribution in [0, 0.1) is 11.3 Å². The maximum Gasteiger partial charge on any atom is 0.269 e. The van der Waals surface area contributed by atoms with Crippen LogP contribution in [0.25, 0.3) is 31.9 Å². The van der Waals surface area contributed by atoms with Gasteiger partial charge in [-0.1, -0.05) is 6.07 Å². The number of benzene rings is 1. The smallest absolute Gasteiger partial charge is 0.269 e. The number of nitrogen functional groups attached to an aromatic ring is 2. The van der Waals surface area contributed by atoms with Crippen LogP contribution < -0.4 is 21.5 Å². The van der Waals surface area contributed by atoms with Crippen molar-refractivity contribution in [3.05, 3.63) is 57.6 Å². The van der Waals surface area contributed by atoms with Gasteiger partial charge in [0.05, 0.1) is 18.5 Å². The van der Waals surface area contributed by atoms with E-state index in [1.54, 1.807) is 7.11 Å². The van der Waals surface area contributed by atoms with Crippen LogP contribution in [0.2, 0.25) is 0 Å². The van der Waals surface area contributed by atoms with E-state index >= 15 is 0 Å². The zero-order valence-corrected chi connectivity index (χ0v) is 20.1. The number of carbonyl (C=O) groups excluding carboxylic acids is 1. The lowest BCUT2D eigenvalue weighted by atomic mass is 10.0. The molecule has 5 rings (SSSR count). The number of nitrogens with two attached hydrogens (primary N) is 2. The minimum absolute atomic E-state index is 0.107. The molecule has 5 N–H and O–H groups in total. The molecule has 0 atom stereocenters. The number of thiazole rings is 1. The summed E-state index contributed by atoms with van der Waals surface area (Å²) >= 11 is 3.90. The first-order valence-electron chi connectivity index (χ1n) is 9.87. The lowest BCUT2D eigenvalue weighted by molar-refractivity contribution is 0.103. The highest BCUT2D eigenvalue weighted by molar-refractivity contribution is 7.21. The van der Waals surface area contributed by atoms with E-state index in [0.29, 0.717) is 20.9 Å². The Labute approximate surface area is 206 Å². The molecule has 1 aromatic carbocycles. The molecule has 34 heavy (non-hydrogen) atoms. The highest BCUT2D eigenvalue weighted by Gasteiger charge is 2.25. The van der Waals surface area contributed by atoms with Crippen LogP contribution >= 0.6 is 34.0 Å². The summed E-state index contributed by atoms with van der Waals surface area (Å²) in [5, 5.41) is 17.3. The minimum Gasteiger partial charge on any atom is -0.497 e. The van der Waals surface area contributed by atoms with Crippen molar-refractivity contribution in [1.29, 1.82) is 5.26 Å². The first kappa shape index (κ1) is 21.8. The van der Waals surface area contributed by atoms with Crippen LogP contribution in [0.4, 0.5) is 16.6 Å². The van der Waals surface area contributed by atoms with Crippen molar-refractivity contribution in [2.24, 2.45) is 0 Å². The number of ether oxygens (including phenoxy) is 1. The Bertz CT molecular complexity index is 1560. The number of fused-ring (bicyclic) bond motifs is 1. The molecule has 4 aromatic heterocycles. The first-order valence-corrected chi connectivity index (χ1v) is 12.4. The van der Waals surface area contributed by atoms with Gasteiger partial charge in [0.25, 0.3) is 5.91 Å². The lowest BCUT2D eigenvalue weighted by Crippen LogP contribution is -2.11. The average Bonchev–Trinajstić information content (AvgIpc) is 3.59. The van der Waals surface area contributed by atoms with Crippen molar-refractivity contribution >= 4 is 66.8 Å². The second-order valence-electron chi connectivity index (χ2n) is 7.08. The quantitative estimate of drug-likeness (QED) is 0.289. The van der Waals surface area contributed by atoms with Crippen LogP contribution in [0.1, 0.15) is 15.2 Å². The predicted octanol–water partition coefficient (Wildman–Crippen LogP) is 5.45. The van der Waals surface area contributed by atoms with Gasteiger partial charge in [-0.15, -0.1) is 34.0 Å². The number of nitriles is 1. The number of hydrogen-bond donors (Lipinski definition) is 3. The SMILES string of the molecule is COc1ccc(-c2csc(NC(=O)c3sc4nc(N)c(C#N)c(-c5cccs5)c4c3N)n2)cc1. The van der Waals surface area contributed by atoms with Crippen LogP contribution in [0.5, 0.6) is 5.75 Å². The molecule has 8 nitrogen and oxygen atoms in total. The van der Waals surface area contributed by atoms with Crippen LogP contribution in [0.3, 0.4) is 0 Å². The van der Waals surface area contributed by atoms with Gasteiger partial charge in [0.15, 0.2) is 5.13 Å². The Hall–Kier alpha value is -3.98. The Morgan fingerprint density at radius 2 is 1.94 bits per heavy atom. The molecule has 0 fully saturated rings. The number of aromatic nitrogens is 2. The summed E-state index contributed by atoms with van der Waals surface area (Å²) in [7, 11) is 1.61. The Morgan fingerprint density at radius 3 is 2.62 bits per heavy atom. The molecule has 0 radical (unpaired) electrons. The number of thiophene rings is 2. The fourth-order valence-electron chi connectivity index (χ4n) is 3.50. The second kappa shape index (κ2) is 8.75. The molecule has 0 bridgehead atoms. The van der Waals surface area contributed by atoms with E-state index in [0.717, 1.165) is 33.2 Å². The van der Waals surface area contributed by atoms with Gasteiger partial charge in [-0.3, -0.25) is 10.1 Å². The predicted molar refractivity (Wildman–Crippen MR) is 139 cm³/mol. The van der Waals surface area contributed by atoms with Gasteiger partial charge in [-0.25, -0.2) is 9.97 Å². The van der Waals surface area contributed by atoms with Gasteiger partial charge in [0.2, 0.25) is 0 Å². The summed E-state index contributed by atoms with van der Waals surface area (Å²) in [6.45, 7) is 0. The van der Waals surface area contributed by atoms with Gasteiger partial charge in [-0.2, -0.15) is 5.26 Å². The number of methoxy groups -OCH3 is 1. The summed E-state index contributed by atoms with van der Waals surface area (Å²) in [5.74, 6) is 0.462. The van der Waals surface area contributed by atoms with E-state index in [9.17, 15) is 10.1 Å². The molecule has 4 heterocycles. The molecular formula is C23H16N6O2S3. The summed E-state index contributed by atoms with van der Waals surface area (Å²) in [6, 6.07) is 13.4. The molecule has 0 aliphatic rings. The molecule has 11 heteroatoms. The lowest BCUT2D eigenvalue weighted by Gasteiger charge is -2.07. The third-order valence-corrected chi connectivity index (χ3v) is 7.84. The molecule has 0 saturated heterocycles. The van der Waals surface area contributed by atoms with Crippen LogP contribution in [-0.4, -0.2) is 23.0 Å². The summed E-state index contributed by atoms with van der Waals surface area (Å²) in [5.41, 5.74) is 15.2. The molecule has 1 amide bonds. The minimum atomic E-state index is -0.398. The van der Waals surface area contributed by atoms with Gasteiger partial charge in [0, 0.05) is 26.8 Å². The third kappa shape index (κ3) is 3.73. The number of hydrogen-bond acceptors (Lipinski definition) is 10. The molecule has 5 aromatic rings. The summed E-state index contributed by atoms with van der Waals surface area (Å²) < 4.78 is 5.19. The third-order valence-electron chi connectivity index (χ3n) is 5.10. The molecular weight excluding hydrogens is 488 g/mol. The van der Waals surface area contributed by atoms with E-state index in [-0.39, 0.29) is 21.9 Å². The van der Waals surface area contributed by atoms with E-state index in [2.05, 4.69) is 21.4 Å². The van der Waals surface area contributed by atoms with Crippen LogP contribution in [-0.2, 0) is 0 Å². The molecule has 168 valence electrons. The summed E-state index contributed by atoms with van der Waals surface area (Å²) in [6.07, 6.45) is 0. The normalized spacial score (nSPS) is 10.8. The molecule has 0 saturated carbocycles. The molecule has 0 spiro atoms. The largest absolute Gasteiger partial charge is 0.497 e. The number of nitrogens with zero attached hydrogens (tertiary/aromatic N) is 3. The monoisotopic (exact) mass is 504 g/mol. The number of pyridine rings is 1. The van der Waals surface area contributed by atoms with Crippen molar-refractivity contribution in [2.75, 3.05) is 23.9 Å². The highest BCUT2D eigenvalue weighted by Crippen LogP contribution is 2.44. The highest BCUT2D eigenvalue weighted by atomic mass is 32.1. The first-order chi connectivity index (χ1) is 16.5. The van der Waals surface area contributed by atoms with Crippen molar-refractivity contribution in [3.8, 4) is 33.5 Å². The number of carbonyl (C=O) groups is 1. The molecule has 0 unspecified atom stereocenters. The van der Waals surface area contributed by atoms with E-state index in [1.165, 1.54) is 22.7 Å². The Balaban J connectivity index is 1.50. The van der Waals surface area contributed by atoms with Crippen molar-refractivity contribution in [2.45, 2.75) is 0 Å². The van der Waals surface area contributed by atoms with E-state index in [4.69, 9.17) is 16.2 Å². The maximum absolute atomic E-state index is 13.1.